The Labute approximate surface area is 191 Å². The van der Waals surface area contributed by atoms with Gasteiger partial charge in [0.05, 0.1) is 7.11 Å². The Morgan fingerprint density at radius 3 is 2.33 bits per heavy atom. The lowest BCUT2D eigenvalue weighted by atomic mass is 10.0. The number of phenols is 4. The summed E-state index contributed by atoms with van der Waals surface area (Å²) < 4.78 is 11.3. The Morgan fingerprint density at radius 2 is 1.70 bits per heavy atom. The predicted octanol–water partition coefficient (Wildman–Crippen LogP) is 5.53. The highest BCUT2D eigenvalue weighted by Crippen LogP contribution is 2.40. The van der Waals surface area contributed by atoms with Crippen molar-refractivity contribution in [2.45, 2.75) is 40.0 Å². The minimum atomic E-state index is -0.621. The molecule has 0 aliphatic rings. The standard InChI is InChI=1S/C26H28O7/c1-14(2)6-5-7-15(3)8-10-17-19(28)13-21(30)22-23(31)26(32-4)24(33-25(17)22)16-9-11-18(27)20(29)12-16/h6,8-9,11-13,27-30H,5,7,10H2,1-4H3/b15-8-. The van der Waals surface area contributed by atoms with Crippen LogP contribution in [0.25, 0.3) is 22.3 Å². The molecule has 7 heteroatoms. The number of rotatable bonds is 7. The summed E-state index contributed by atoms with van der Waals surface area (Å²) in [5.74, 6) is -1.53. The number of methoxy groups -OCH3 is 1. The SMILES string of the molecule is COc1c(-c2ccc(O)c(O)c2)oc2c(C/C=C(/C)CCC=C(C)C)c(O)cc(O)c2c1=O. The average molecular weight is 453 g/mol. The van der Waals surface area contributed by atoms with Crippen LogP contribution in [0.4, 0.5) is 0 Å². The van der Waals surface area contributed by atoms with E-state index in [0.717, 1.165) is 24.5 Å². The highest BCUT2D eigenvalue weighted by Gasteiger charge is 2.23. The molecule has 7 nitrogen and oxygen atoms in total. The van der Waals surface area contributed by atoms with Gasteiger partial charge in [-0.15, -0.1) is 0 Å². The fraction of sp³-hybridized carbons (Fsp3) is 0.269. The van der Waals surface area contributed by atoms with Gasteiger partial charge in [0.2, 0.25) is 11.2 Å². The van der Waals surface area contributed by atoms with Gasteiger partial charge in [0.15, 0.2) is 17.3 Å². The largest absolute Gasteiger partial charge is 0.507 e. The molecule has 174 valence electrons. The van der Waals surface area contributed by atoms with E-state index in [1.165, 1.54) is 30.9 Å². The number of phenolic OH excluding ortho intramolecular Hbond substituents is 4. The second-order valence-corrected chi connectivity index (χ2v) is 8.17. The summed E-state index contributed by atoms with van der Waals surface area (Å²) in [4.78, 5) is 13.2. The number of fused-ring (bicyclic) bond motifs is 1. The van der Waals surface area contributed by atoms with Crippen molar-refractivity contribution < 1.29 is 29.6 Å². The van der Waals surface area contributed by atoms with Crippen molar-refractivity contribution in [3.8, 4) is 40.1 Å². The maximum absolute atomic E-state index is 13.2. The highest BCUT2D eigenvalue weighted by molar-refractivity contribution is 5.91. The topological polar surface area (TPSA) is 120 Å². The van der Waals surface area contributed by atoms with E-state index in [9.17, 15) is 25.2 Å². The molecule has 3 aromatic rings. The molecular formula is C26H28O7. The smallest absolute Gasteiger partial charge is 0.239 e. The normalized spacial score (nSPS) is 11.6. The van der Waals surface area contributed by atoms with Crippen LogP contribution in [0.2, 0.25) is 0 Å². The van der Waals surface area contributed by atoms with Gasteiger partial charge in [-0.3, -0.25) is 4.79 Å². The Bertz CT molecular complexity index is 1310. The van der Waals surface area contributed by atoms with Gasteiger partial charge in [0.25, 0.3) is 0 Å². The van der Waals surface area contributed by atoms with Crippen molar-refractivity contribution in [2.75, 3.05) is 7.11 Å². The first-order valence-electron chi connectivity index (χ1n) is 10.5. The third kappa shape index (κ3) is 4.98. The molecule has 1 heterocycles. The Balaban J connectivity index is 2.19. The quantitative estimate of drug-likeness (QED) is 0.275. The molecule has 0 aliphatic heterocycles. The Hall–Kier alpha value is -3.87. The summed E-state index contributed by atoms with van der Waals surface area (Å²) in [5.41, 5.74) is 2.37. The number of benzene rings is 2. The molecule has 0 unspecified atom stereocenters. The molecule has 0 aliphatic carbocycles. The number of hydrogen-bond acceptors (Lipinski definition) is 7. The minimum Gasteiger partial charge on any atom is -0.507 e. The van der Waals surface area contributed by atoms with Crippen LogP contribution in [0.5, 0.6) is 28.7 Å². The van der Waals surface area contributed by atoms with Gasteiger partial charge in [0, 0.05) is 17.2 Å². The molecule has 0 amide bonds. The van der Waals surface area contributed by atoms with E-state index < -0.39 is 16.9 Å². The summed E-state index contributed by atoms with van der Waals surface area (Å²) in [6.07, 6.45) is 6.11. The molecule has 3 rings (SSSR count). The molecule has 4 N–H and O–H groups in total. The number of aromatic hydroxyl groups is 4. The van der Waals surface area contributed by atoms with Crippen molar-refractivity contribution in [1.29, 1.82) is 0 Å². The summed E-state index contributed by atoms with van der Waals surface area (Å²) >= 11 is 0. The maximum atomic E-state index is 13.2. The molecule has 0 saturated carbocycles. The second kappa shape index (κ2) is 9.73. The van der Waals surface area contributed by atoms with Crippen molar-refractivity contribution in [3.63, 3.8) is 0 Å². The molecule has 0 fully saturated rings. The zero-order valence-corrected chi connectivity index (χ0v) is 19.1. The van der Waals surface area contributed by atoms with Crippen LogP contribution < -0.4 is 10.2 Å². The van der Waals surface area contributed by atoms with Crippen LogP contribution >= 0.6 is 0 Å². The first-order chi connectivity index (χ1) is 15.6. The van der Waals surface area contributed by atoms with Gasteiger partial charge in [-0.25, -0.2) is 0 Å². The van der Waals surface area contributed by atoms with Crippen molar-refractivity contribution >= 4 is 11.0 Å². The van der Waals surface area contributed by atoms with E-state index in [-0.39, 0.29) is 46.0 Å². The van der Waals surface area contributed by atoms with Crippen LogP contribution in [0.3, 0.4) is 0 Å². The molecule has 33 heavy (non-hydrogen) atoms. The summed E-state index contributed by atoms with van der Waals surface area (Å²) in [5, 5.41) is 40.4. The maximum Gasteiger partial charge on any atom is 0.239 e. The minimum absolute atomic E-state index is 0.000750. The summed E-state index contributed by atoms with van der Waals surface area (Å²) in [7, 11) is 1.29. The monoisotopic (exact) mass is 452 g/mol. The van der Waals surface area contributed by atoms with E-state index in [1.54, 1.807) is 0 Å². The zero-order valence-electron chi connectivity index (χ0n) is 19.1. The van der Waals surface area contributed by atoms with E-state index in [4.69, 9.17) is 9.15 Å². The van der Waals surface area contributed by atoms with Crippen LogP contribution in [0.1, 0.15) is 39.2 Å². The van der Waals surface area contributed by atoms with E-state index in [0.29, 0.717) is 5.56 Å². The van der Waals surface area contributed by atoms with Gasteiger partial charge in [-0.1, -0.05) is 23.3 Å². The number of hydrogen-bond donors (Lipinski definition) is 4. The number of ether oxygens (including phenoxy) is 1. The summed E-state index contributed by atoms with van der Waals surface area (Å²) in [6, 6.07) is 5.06. The molecule has 0 spiro atoms. The van der Waals surface area contributed by atoms with Gasteiger partial charge in [-0.2, -0.15) is 0 Å². The molecule has 2 aromatic carbocycles. The molecular weight excluding hydrogens is 424 g/mol. The fourth-order valence-corrected chi connectivity index (χ4v) is 3.57. The van der Waals surface area contributed by atoms with E-state index in [2.05, 4.69) is 6.08 Å². The first kappa shape index (κ1) is 23.8. The van der Waals surface area contributed by atoms with Gasteiger partial charge in [-0.05, 0) is 58.2 Å². The fourth-order valence-electron chi connectivity index (χ4n) is 3.57. The molecule has 1 aromatic heterocycles. The van der Waals surface area contributed by atoms with Crippen LogP contribution in [0, 0.1) is 0 Å². The Kier molecular flexibility index (Phi) is 7.01. The number of allylic oxidation sites excluding steroid dienone is 4. The summed E-state index contributed by atoms with van der Waals surface area (Å²) in [6.45, 7) is 6.07. The average Bonchev–Trinajstić information content (AvgIpc) is 2.74. The van der Waals surface area contributed by atoms with Crippen molar-refractivity contribution in [1.82, 2.24) is 0 Å². The van der Waals surface area contributed by atoms with Gasteiger partial charge in [0.1, 0.15) is 22.5 Å². The molecule has 0 atom stereocenters. The predicted molar refractivity (Wildman–Crippen MR) is 127 cm³/mol. The van der Waals surface area contributed by atoms with E-state index >= 15 is 0 Å². The zero-order chi connectivity index (χ0) is 24.3. The van der Waals surface area contributed by atoms with Crippen LogP contribution in [-0.2, 0) is 6.42 Å². The highest BCUT2D eigenvalue weighted by atomic mass is 16.5. The molecule has 0 radical (unpaired) electrons. The van der Waals surface area contributed by atoms with Crippen LogP contribution in [0.15, 0.2) is 56.8 Å². The lowest BCUT2D eigenvalue weighted by Crippen LogP contribution is -2.09. The second-order valence-electron chi connectivity index (χ2n) is 8.17. The third-order valence-corrected chi connectivity index (χ3v) is 5.37. The lowest BCUT2D eigenvalue weighted by Gasteiger charge is -2.13. The third-order valence-electron chi connectivity index (χ3n) is 5.37. The van der Waals surface area contributed by atoms with Gasteiger partial charge < -0.3 is 29.6 Å². The lowest BCUT2D eigenvalue weighted by molar-refractivity contribution is 0.395. The Morgan fingerprint density at radius 1 is 0.970 bits per heavy atom. The van der Waals surface area contributed by atoms with Crippen molar-refractivity contribution in [2.24, 2.45) is 0 Å². The van der Waals surface area contributed by atoms with Crippen molar-refractivity contribution in [3.05, 3.63) is 63.4 Å². The molecule has 0 bridgehead atoms. The van der Waals surface area contributed by atoms with E-state index in [1.807, 2.05) is 26.8 Å². The molecule has 0 saturated heterocycles. The first-order valence-corrected chi connectivity index (χ1v) is 10.5. The van der Waals surface area contributed by atoms with Crippen LogP contribution in [-0.4, -0.2) is 27.5 Å². The van der Waals surface area contributed by atoms with Gasteiger partial charge >= 0.3 is 0 Å².